The van der Waals surface area contributed by atoms with Gasteiger partial charge in [0, 0.05) is 13.0 Å². The summed E-state index contributed by atoms with van der Waals surface area (Å²) in [6.45, 7) is 0.344. The van der Waals surface area contributed by atoms with E-state index in [1.54, 1.807) is 5.32 Å². The monoisotopic (exact) mass is 386 g/mol. The summed E-state index contributed by atoms with van der Waals surface area (Å²) in [6, 6.07) is 8.99. The Balaban J connectivity index is 1.79. The number of urea groups is 1. The fourth-order valence-corrected chi connectivity index (χ4v) is 2.99. The Labute approximate surface area is 151 Å². The maximum Gasteiger partial charge on any atom is 0.405 e. The lowest BCUT2D eigenvalue weighted by Gasteiger charge is -2.08. The number of anilines is 1. The number of benzene rings is 1. The van der Waals surface area contributed by atoms with Crippen molar-refractivity contribution >= 4 is 28.4 Å². The summed E-state index contributed by atoms with van der Waals surface area (Å²) in [6.07, 6.45) is -4.71. The Kier molecular flexibility index (Phi) is 6.56. The van der Waals surface area contributed by atoms with Gasteiger partial charge in [-0.2, -0.15) is 13.2 Å². The summed E-state index contributed by atoms with van der Waals surface area (Å²) in [5, 5.41) is 7.07. The van der Waals surface area contributed by atoms with Crippen LogP contribution in [0.1, 0.15) is 12.1 Å². The highest BCUT2D eigenvalue weighted by atomic mass is 32.1. The lowest BCUT2D eigenvalue weighted by atomic mass is 10.2. The van der Waals surface area contributed by atoms with Crippen molar-refractivity contribution in [3.8, 4) is 10.4 Å². The molecule has 0 aliphatic heterocycles. The number of amides is 3. The highest BCUT2D eigenvalue weighted by Gasteiger charge is 2.27. The van der Waals surface area contributed by atoms with Crippen LogP contribution in [0.15, 0.2) is 30.3 Å². The summed E-state index contributed by atoms with van der Waals surface area (Å²) in [7, 11) is 0. The molecule has 1 aromatic heterocycles. The molecule has 6 nitrogen and oxygen atoms in total. The zero-order valence-corrected chi connectivity index (χ0v) is 14.6. The molecule has 0 spiro atoms. The number of rotatable bonds is 6. The average Bonchev–Trinajstić information content (AvgIpc) is 2.93. The summed E-state index contributed by atoms with van der Waals surface area (Å²) < 4.78 is 35.9. The normalized spacial score (nSPS) is 11.1. The van der Waals surface area contributed by atoms with Crippen LogP contribution in [0.2, 0.25) is 0 Å². The molecule has 3 amide bonds. The minimum absolute atomic E-state index is 0.0918. The number of nitrogens with zero attached hydrogens (tertiary/aromatic N) is 1. The molecule has 140 valence electrons. The quantitative estimate of drug-likeness (QED) is 0.712. The van der Waals surface area contributed by atoms with E-state index >= 15 is 0 Å². The molecule has 10 heteroatoms. The van der Waals surface area contributed by atoms with E-state index in [1.807, 2.05) is 37.3 Å². The van der Waals surface area contributed by atoms with Gasteiger partial charge in [-0.3, -0.25) is 10.1 Å². The number of hydrogen-bond acceptors (Lipinski definition) is 4. The maximum atomic E-state index is 12.0. The molecule has 0 aliphatic carbocycles. The van der Waals surface area contributed by atoms with Crippen LogP contribution in [-0.4, -0.2) is 36.2 Å². The van der Waals surface area contributed by atoms with E-state index in [-0.39, 0.29) is 13.0 Å². The van der Waals surface area contributed by atoms with Crippen molar-refractivity contribution in [3.63, 3.8) is 0 Å². The number of thiazole rings is 1. The van der Waals surface area contributed by atoms with E-state index in [2.05, 4.69) is 15.6 Å². The summed E-state index contributed by atoms with van der Waals surface area (Å²) in [5.41, 5.74) is 1.75. The Morgan fingerprint density at radius 3 is 2.50 bits per heavy atom. The number of hydrogen-bond donors (Lipinski definition) is 3. The first kappa shape index (κ1) is 19.7. The van der Waals surface area contributed by atoms with E-state index in [4.69, 9.17) is 0 Å². The summed E-state index contributed by atoms with van der Waals surface area (Å²) in [5.74, 6) is -0.793. The molecule has 26 heavy (non-hydrogen) atoms. The van der Waals surface area contributed by atoms with Gasteiger partial charge in [0.05, 0.1) is 10.6 Å². The van der Waals surface area contributed by atoms with Gasteiger partial charge in [-0.05, 0) is 12.5 Å². The molecule has 3 N–H and O–H groups in total. The molecule has 0 atom stereocenters. The van der Waals surface area contributed by atoms with Crippen molar-refractivity contribution < 1.29 is 22.8 Å². The first-order chi connectivity index (χ1) is 12.2. The molecule has 0 fully saturated rings. The largest absolute Gasteiger partial charge is 0.405 e. The molecular weight excluding hydrogens is 369 g/mol. The predicted molar refractivity (Wildman–Crippen MR) is 93.0 cm³/mol. The molecule has 0 saturated carbocycles. The van der Waals surface area contributed by atoms with E-state index < -0.39 is 24.7 Å². The molecular formula is C16H17F3N4O2S. The van der Waals surface area contributed by atoms with Crippen molar-refractivity contribution in [2.75, 3.05) is 18.4 Å². The molecule has 1 heterocycles. The molecule has 0 saturated heterocycles. The second-order valence-corrected chi connectivity index (χ2v) is 6.32. The van der Waals surface area contributed by atoms with Crippen molar-refractivity contribution in [2.45, 2.75) is 19.5 Å². The van der Waals surface area contributed by atoms with Crippen molar-refractivity contribution in [1.29, 1.82) is 0 Å². The Bertz CT molecular complexity index is 763. The third-order valence-corrected chi connectivity index (χ3v) is 4.30. The van der Waals surface area contributed by atoms with Gasteiger partial charge in [0.1, 0.15) is 6.54 Å². The first-order valence-electron chi connectivity index (χ1n) is 7.66. The second-order valence-electron chi connectivity index (χ2n) is 5.32. The van der Waals surface area contributed by atoms with Crippen LogP contribution in [0.3, 0.4) is 0 Å². The third kappa shape index (κ3) is 6.36. The number of carbonyl (C=O) groups is 2. The SMILES string of the molecule is Cc1nc(NC(=O)NCCC(=O)NCC(F)(F)F)sc1-c1ccccc1. The zero-order chi connectivity index (χ0) is 19.2. The van der Waals surface area contributed by atoms with Gasteiger partial charge in [-0.25, -0.2) is 9.78 Å². The highest BCUT2D eigenvalue weighted by Crippen LogP contribution is 2.32. The van der Waals surface area contributed by atoms with Crippen LogP contribution in [-0.2, 0) is 4.79 Å². The number of alkyl halides is 3. The highest BCUT2D eigenvalue weighted by molar-refractivity contribution is 7.19. The predicted octanol–water partition coefficient (Wildman–Crippen LogP) is 3.31. The standard InChI is InChI=1S/C16H17F3N4O2S/c1-10-13(11-5-3-2-4-6-11)26-15(22-10)23-14(25)20-8-7-12(24)21-9-16(17,18)19/h2-6H,7-9H2,1H3,(H,21,24)(H2,20,22,23,25). The fourth-order valence-electron chi connectivity index (χ4n) is 2.03. The van der Waals surface area contributed by atoms with Gasteiger partial charge in [-0.1, -0.05) is 41.7 Å². The lowest BCUT2D eigenvalue weighted by Crippen LogP contribution is -2.37. The van der Waals surface area contributed by atoms with Crippen LogP contribution in [0, 0.1) is 6.92 Å². The number of carbonyl (C=O) groups excluding carboxylic acids is 2. The fraction of sp³-hybridized carbons (Fsp3) is 0.312. The molecule has 0 aliphatic rings. The van der Waals surface area contributed by atoms with E-state index in [0.717, 1.165) is 16.1 Å². The van der Waals surface area contributed by atoms with Crippen LogP contribution >= 0.6 is 11.3 Å². The average molecular weight is 386 g/mol. The minimum Gasteiger partial charge on any atom is -0.347 e. The lowest BCUT2D eigenvalue weighted by molar-refractivity contribution is -0.138. The molecule has 2 aromatic rings. The second kappa shape index (κ2) is 8.65. The van der Waals surface area contributed by atoms with Gasteiger partial charge >= 0.3 is 12.2 Å². The number of aromatic nitrogens is 1. The van der Waals surface area contributed by atoms with Crippen LogP contribution in [0.5, 0.6) is 0 Å². The Morgan fingerprint density at radius 2 is 1.85 bits per heavy atom. The molecule has 0 radical (unpaired) electrons. The van der Waals surface area contributed by atoms with Gasteiger partial charge in [-0.15, -0.1) is 0 Å². The number of nitrogens with one attached hydrogen (secondary N) is 3. The third-order valence-electron chi connectivity index (χ3n) is 3.18. The van der Waals surface area contributed by atoms with Crippen molar-refractivity contribution in [3.05, 3.63) is 36.0 Å². The van der Waals surface area contributed by atoms with E-state index in [9.17, 15) is 22.8 Å². The topological polar surface area (TPSA) is 83.1 Å². The van der Waals surface area contributed by atoms with Gasteiger partial charge in [0.25, 0.3) is 0 Å². The number of aryl methyl sites for hydroxylation is 1. The Morgan fingerprint density at radius 1 is 1.15 bits per heavy atom. The van der Waals surface area contributed by atoms with Gasteiger partial charge in [0.2, 0.25) is 5.91 Å². The van der Waals surface area contributed by atoms with E-state index in [1.165, 1.54) is 11.3 Å². The number of halogens is 3. The zero-order valence-electron chi connectivity index (χ0n) is 13.8. The van der Waals surface area contributed by atoms with E-state index in [0.29, 0.717) is 5.13 Å². The maximum absolute atomic E-state index is 12.0. The summed E-state index contributed by atoms with van der Waals surface area (Å²) in [4.78, 5) is 28.2. The van der Waals surface area contributed by atoms with Crippen molar-refractivity contribution in [1.82, 2.24) is 15.6 Å². The first-order valence-corrected chi connectivity index (χ1v) is 8.47. The van der Waals surface area contributed by atoms with Crippen LogP contribution in [0.4, 0.5) is 23.1 Å². The van der Waals surface area contributed by atoms with Crippen molar-refractivity contribution in [2.24, 2.45) is 0 Å². The smallest absolute Gasteiger partial charge is 0.347 e. The molecule has 1 aromatic carbocycles. The van der Waals surface area contributed by atoms with Gasteiger partial charge < -0.3 is 10.6 Å². The van der Waals surface area contributed by atoms with Crippen LogP contribution in [0.25, 0.3) is 10.4 Å². The minimum atomic E-state index is -4.46. The Hall–Kier alpha value is -2.62. The molecule has 0 unspecified atom stereocenters. The van der Waals surface area contributed by atoms with Crippen LogP contribution < -0.4 is 16.0 Å². The molecule has 0 bridgehead atoms. The summed E-state index contributed by atoms with van der Waals surface area (Å²) >= 11 is 1.30. The molecule has 2 rings (SSSR count). The van der Waals surface area contributed by atoms with Gasteiger partial charge in [0.15, 0.2) is 5.13 Å².